The van der Waals surface area contributed by atoms with Crippen molar-refractivity contribution in [1.29, 1.82) is 0 Å². The zero-order valence-electron chi connectivity index (χ0n) is 9.97. The fourth-order valence-electron chi connectivity index (χ4n) is 2.40. The second-order valence-corrected chi connectivity index (χ2v) is 4.71. The van der Waals surface area contributed by atoms with Crippen LogP contribution < -0.4 is 5.32 Å². The Morgan fingerprint density at radius 2 is 2.12 bits per heavy atom. The van der Waals surface area contributed by atoms with E-state index in [0.29, 0.717) is 12.3 Å². The van der Waals surface area contributed by atoms with Gasteiger partial charge in [-0.15, -0.1) is 0 Å². The van der Waals surface area contributed by atoms with Crippen LogP contribution in [0.1, 0.15) is 43.5 Å². The molecule has 1 aliphatic carbocycles. The number of hydrogen-bond donors (Lipinski definition) is 2. The number of anilines is 1. The topological polar surface area (TPSA) is 57.8 Å². The summed E-state index contributed by atoms with van der Waals surface area (Å²) in [6.45, 7) is 3.82. The molecule has 0 aliphatic heterocycles. The molecule has 0 radical (unpaired) electrons. The molecule has 0 saturated heterocycles. The Balaban J connectivity index is 1.91. The molecule has 1 aromatic heterocycles. The molecule has 1 saturated carbocycles. The number of carbonyl (C=O) groups is 1. The molecule has 2 N–H and O–H groups in total. The number of H-pyrrole nitrogens is 1. The van der Waals surface area contributed by atoms with E-state index >= 15 is 0 Å². The lowest BCUT2D eigenvalue weighted by Gasteiger charge is -2.09. The summed E-state index contributed by atoms with van der Waals surface area (Å²) in [6.07, 6.45) is 5.63. The fraction of sp³-hybridized carbons (Fsp3) is 0.667. The van der Waals surface area contributed by atoms with Crippen LogP contribution in [0, 0.1) is 19.8 Å². The Hall–Kier alpha value is -1.32. The third kappa shape index (κ3) is 2.43. The molecule has 16 heavy (non-hydrogen) atoms. The van der Waals surface area contributed by atoms with E-state index in [-0.39, 0.29) is 5.91 Å². The highest BCUT2D eigenvalue weighted by atomic mass is 16.1. The fourth-order valence-corrected chi connectivity index (χ4v) is 2.40. The average Bonchev–Trinajstić information content (AvgIpc) is 2.83. The van der Waals surface area contributed by atoms with E-state index in [2.05, 4.69) is 15.5 Å². The monoisotopic (exact) mass is 221 g/mol. The Morgan fingerprint density at radius 3 is 2.69 bits per heavy atom. The van der Waals surface area contributed by atoms with E-state index in [9.17, 15) is 4.79 Å². The van der Waals surface area contributed by atoms with Gasteiger partial charge in [-0.05, 0) is 32.6 Å². The third-order valence-corrected chi connectivity index (χ3v) is 3.34. The number of aromatic amines is 1. The van der Waals surface area contributed by atoms with E-state index in [1.165, 1.54) is 25.7 Å². The molecule has 2 rings (SSSR count). The van der Waals surface area contributed by atoms with Crippen LogP contribution in [0.3, 0.4) is 0 Å². The Morgan fingerprint density at radius 1 is 1.44 bits per heavy atom. The second-order valence-electron chi connectivity index (χ2n) is 4.71. The molecule has 4 heteroatoms. The number of aryl methyl sites for hydroxylation is 2. The van der Waals surface area contributed by atoms with Gasteiger partial charge in [0.1, 0.15) is 0 Å². The lowest BCUT2D eigenvalue weighted by atomic mass is 10.0. The van der Waals surface area contributed by atoms with Gasteiger partial charge >= 0.3 is 0 Å². The molecule has 0 bridgehead atoms. The summed E-state index contributed by atoms with van der Waals surface area (Å²) >= 11 is 0. The molecule has 88 valence electrons. The van der Waals surface area contributed by atoms with E-state index in [1.807, 2.05) is 13.8 Å². The summed E-state index contributed by atoms with van der Waals surface area (Å²) in [4.78, 5) is 11.8. The summed E-state index contributed by atoms with van der Waals surface area (Å²) < 4.78 is 0. The normalized spacial score (nSPS) is 16.6. The van der Waals surface area contributed by atoms with Crippen molar-refractivity contribution in [1.82, 2.24) is 10.2 Å². The van der Waals surface area contributed by atoms with E-state index in [1.54, 1.807) is 0 Å². The highest BCUT2D eigenvalue weighted by Gasteiger charge is 2.19. The van der Waals surface area contributed by atoms with Crippen LogP contribution in [0.15, 0.2) is 0 Å². The molecule has 0 spiro atoms. The predicted molar refractivity (Wildman–Crippen MR) is 63.3 cm³/mol. The maximum Gasteiger partial charge on any atom is 0.224 e. The largest absolute Gasteiger partial charge is 0.323 e. The first-order valence-electron chi connectivity index (χ1n) is 5.98. The molecule has 0 atom stereocenters. The van der Waals surface area contributed by atoms with Gasteiger partial charge in [0.2, 0.25) is 5.91 Å². The van der Waals surface area contributed by atoms with Crippen molar-refractivity contribution < 1.29 is 4.79 Å². The molecule has 1 amide bonds. The van der Waals surface area contributed by atoms with Gasteiger partial charge in [-0.25, -0.2) is 0 Å². The van der Waals surface area contributed by atoms with Crippen LogP contribution >= 0.6 is 0 Å². The molecular formula is C12H19N3O. The smallest absolute Gasteiger partial charge is 0.224 e. The number of amides is 1. The lowest BCUT2D eigenvalue weighted by molar-refractivity contribution is -0.117. The molecule has 1 fully saturated rings. The lowest BCUT2D eigenvalue weighted by Crippen LogP contribution is -2.15. The summed E-state index contributed by atoms with van der Waals surface area (Å²) in [5.41, 5.74) is 2.64. The van der Waals surface area contributed by atoms with Gasteiger partial charge in [0, 0.05) is 6.42 Å². The van der Waals surface area contributed by atoms with Gasteiger partial charge in [0.05, 0.1) is 17.1 Å². The Labute approximate surface area is 95.8 Å². The molecule has 1 aliphatic rings. The maximum atomic E-state index is 11.8. The summed E-state index contributed by atoms with van der Waals surface area (Å²) in [5.74, 6) is 0.715. The predicted octanol–water partition coefficient (Wildman–Crippen LogP) is 2.55. The summed E-state index contributed by atoms with van der Waals surface area (Å²) in [7, 11) is 0. The second kappa shape index (κ2) is 4.68. The van der Waals surface area contributed by atoms with Crippen LogP contribution in [-0.2, 0) is 4.79 Å². The SMILES string of the molecule is Cc1n[nH]c(C)c1NC(=O)CC1CCCC1. The van der Waals surface area contributed by atoms with Crippen LogP contribution in [0.5, 0.6) is 0 Å². The minimum Gasteiger partial charge on any atom is -0.323 e. The van der Waals surface area contributed by atoms with Crippen molar-refractivity contribution in [3.8, 4) is 0 Å². The number of aromatic nitrogens is 2. The minimum absolute atomic E-state index is 0.125. The molecule has 1 aromatic rings. The highest BCUT2D eigenvalue weighted by Crippen LogP contribution is 2.28. The molecule has 0 aromatic carbocycles. The number of hydrogen-bond acceptors (Lipinski definition) is 2. The minimum atomic E-state index is 0.125. The first-order valence-corrected chi connectivity index (χ1v) is 5.98. The third-order valence-electron chi connectivity index (χ3n) is 3.34. The molecule has 1 heterocycles. The van der Waals surface area contributed by atoms with Crippen molar-refractivity contribution in [2.75, 3.05) is 5.32 Å². The van der Waals surface area contributed by atoms with Crippen molar-refractivity contribution in [3.63, 3.8) is 0 Å². The Kier molecular flexibility index (Phi) is 3.27. The van der Waals surface area contributed by atoms with E-state index in [4.69, 9.17) is 0 Å². The van der Waals surface area contributed by atoms with Gasteiger partial charge < -0.3 is 5.32 Å². The Bertz CT molecular complexity index is 358. The zero-order chi connectivity index (χ0) is 11.5. The van der Waals surface area contributed by atoms with Gasteiger partial charge in [-0.2, -0.15) is 5.10 Å². The first kappa shape index (κ1) is 11.2. The van der Waals surface area contributed by atoms with Crippen LogP contribution in [-0.4, -0.2) is 16.1 Å². The quantitative estimate of drug-likeness (QED) is 0.824. The number of nitrogens with zero attached hydrogens (tertiary/aromatic N) is 1. The van der Waals surface area contributed by atoms with E-state index < -0.39 is 0 Å². The van der Waals surface area contributed by atoms with Gasteiger partial charge in [-0.3, -0.25) is 9.89 Å². The van der Waals surface area contributed by atoms with Crippen molar-refractivity contribution >= 4 is 11.6 Å². The molecular weight excluding hydrogens is 202 g/mol. The number of nitrogens with one attached hydrogen (secondary N) is 2. The van der Waals surface area contributed by atoms with Crippen LogP contribution in [0.2, 0.25) is 0 Å². The highest BCUT2D eigenvalue weighted by molar-refractivity contribution is 5.91. The zero-order valence-corrected chi connectivity index (χ0v) is 9.97. The maximum absolute atomic E-state index is 11.8. The number of rotatable bonds is 3. The van der Waals surface area contributed by atoms with Crippen LogP contribution in [0.4, 0.5) is 5.69 Å². The molecule has 4 nitrogen and oxygen atoms in total. The summed E-state index contributed by atoms with van der Waals surface area (Å²) in [6, 6.07) is 0. The number of carbonyl (C=O) groups excluding carboxylic acids is 1. The van der Waals surface area contributed by atoms with Crippen molar-refractivity contribution in [3.05, 3.63) is 11.4 Å². The van der Waals surface area contributed by atoms with Gasteiger partial charge in [-0.1, -0.05) is 12.8 Å². The van der Waals surface area contributed by atoms with Crippen molar-refractivity contribution in [2.45, 2.75) is 46.0 Å². The van der Waals surface area contributed by atoms with Crippen LogP contribution in [0.25, 0.3) is 0 Å². The summed E-state index contributed by atoms with van der Waals surface area (Å²) in [5, 5.41) is 9.89. The standard InChI is InChI=1S/C12H19N3O/c1-8-12(9(2)15-14-8)13-11(16)7-10-5-3-4-6-10/h10H,3-7H2,1-2H3,(H,13,16)(H,14,15). The van der Waals surface area contributed by atoms with Crippen molar-refractivity contribution in [2.24, 2.45) is 5.92 Å². The van der Waals surface area contributed by atoms with Gasteiger partial charge in [0.15, 0.2) is 0 Å². The molecule has 0 unspecified atom stereocenters. The van der Waals surface area contributed by atoms with E-state index in [0.717, 1.165) is 17.1 Å². The first-order chi connectivity index (χ1) is 7.66. The average molecular weight is 221 g/mol. The van der Waals surface area contributed by atoms with Gasteiger partial charge in [0.25, 0.3) is 0 Å².